The van der Waals surface area contributed by atoms with Gasteiger partial charge in [-0.15, -0.1) is 0 Å². The first kappa shape index (κ1) is 14.4. The molecule has 1 aromatic rings. The van der Waals surface area contributed by atoms with Crippen molar-refractivity contribution in [2.45, 2.75) is 32.7 Å². The Morgan fingerprint density at radius 1 is 1.50 bits per heavy atom. The zero-order valence-corrected chi connectivity index (χ0v) is 12.0. The molecule has 0 bridgehead atoms. The number of nitrogen functional groups attached to an aromatic ring is 1. The quantitative estimate of drug-likeness (QED) is 0.814. The lowest BCUT2D eigenvalue weighted by atomic mass is 10.1. The maximum Gasteiger partial charge on any atom is 0.251 e. The molecule has 1 aliphatic rings. The van der Waals surface area contributed by atoms with Crippen LogP contribution in [-0.2, 0) is 4.79 Å². The Kier molecular flexibility index (Phi) is 4.27. The number of rotatable bonds is 4. The Labute approximate surface area is 119 Å². The lowest BCUT2D eigenvalue weighted by Gasteiger charge is -2.21. The number of carbonyl (C=O) groups excluding carboxylic acids is 2. The Balaban J connectivity index is 1.93. The molecule has 0 spiro atoms. The fourth-order valence-electron chi connectivity index (χ4n) is 2.36. The molecular formula is C15H21N3O2. The van der Waals surface area contributed by atoms with E-state index in [-0.39, 0.29) is 17.9 Å². The van der Waals surface area contributed by atoms with Crippen LogP contribution in [-0.4, -0.2) is 35.8 Å². The van der Waals surface area contributed by atoms with Gasteiger partial charge in [0.25, 0.3) is 5.91 Å². The second-order valence-electron chi connectivity index (χ2n) is 5.39. The molecule has 0 aliphatic carbocycles. The molecule has 2 rings (SSSR count). The van der Waals surface area contributed by atoms with Crippen molar-refractivity contribution in [3.8, 4) is 0 Å². The summed E-state index contributed by atoms with van der Waals surface area (Å²) in [5.74, 6) is 0.0153. The van der Waals surface area contributed by atoms with Gasteiger partial charge in [-0.2, -0.15) is 0 Å². The fraction of sp³-hybridized carbons (Fsp3) is 0.467. The smallest absolute Gasteiger partial charge is 0.251 e. The van der Waals surface area contributed by atoms with Crippen molar-refractivity contribution < 1.29 is 9.59 Å². The number of amides is 2. The third-order valence-electron chi connectivity index (χ3n) is 3.58. The molecule has 0 aromatic heterocycles. The van der Waals surface area contributed by atoms with E-state index in [9.17, 15) is 9.59 Å². The highest BCUT2D eigenvalue weighted by atomic mass is 16.2. The van der Waals surface area contributed by atoms with Crippen molar-refractivity contribution in [3.05, 3.63) is 29.3 Å². The molecule has 0 saturated carbocycles. The number of anilines is 1. The number of carbonyl (C=O) groups is 2. The Morgan fingerprint density at radius 3 is 2.85 bits per heavy atom. The van der Waals surface area contributed by atoms with E-state index in [1.54, 1.807) is 17.0 Å². The normalized spacial score (nSPS) is 16.3. The number of benzene rings is 1. The number of hydrogen-bond acceptors (Lipinski definition) is 3. The van der Waals surface area contributed by atoms with Gasteiger partial charge in [0.05, 0.1) is 0 Å². The number of hydrogen-bond donors (Lipinski definition) is 2. The highest BCUT2D eigenvalue weighted by molar-refractivity contribution is 5.95. The highest BCUT2D eigenvalue weighted by Crippen LogP contribution is 2.13. The summed E-state index contributed by atoms with van der Waals surface area (Å²) in [5, 5.41) is 2.90. The van der Waals surface area contributed by atoms with Gasteiger partial charge in [0.15, 0.2) is 0 Å². The van der Waals surface area contributed by atoms with E-state index in [2.05, 4.69) is 5.32 Å². The van der Waals surface area contributed by atoms with E-state index in [0.717, 1.165) is 18.5 Å². The van der Waals surface area contributed by atoms with Crippen LogP contribution in [0.4, 0.5) is 5.69 Å². The first-order chi connectivity index (χ1) is 9.47. The Hall–Kier alpha value is -2.04. The second-order valence-corrected chi connectivity index (χ2v) is 5.39. The van der Waals surface area contributed by atoms with E-state index < -0.39 is 0 Å². The van der Waals surface area contributed by atoms with E-state index in [1.165, 1.54) is 0 Å². The largest absolute Gasteiger partial charge is 0.398 e. The number of nitrogens with one attached hydrogen (secondary N) is 1. The van der Waals surface area contributed by atoms with Gasteiger partial charge >= 0.3 is 0 Å². The standard InChI is InChI=1S/C15H21N3O2/c1-10-5-6-12(8-13(10)16)15(20)17-11(2)9-18-7-3-4-14(18)19/h5-6,8,11H,3-4,7,9,16H2,1-2H3,(H,17,20). The second kappa shape index (κ2) is 5.94. The van der Waals surface area contributed by atoms with Crippen LogP contribution in [0.5, 0.6) is 0 Å². The zero-order valence-electron chi connectivity index (χ0n) is 12.0. The van der Waals surface area contributed by atoms with Crippen molar-refractivity contribution in [1.82, 2.24) is 10.2 Å². The summed E-state index contributed by atoms with van der Waals surface area (Å²) in [6.07, 6.45) is 1.53. The van der Waals surface area contributed by atoms with E-state index in [0.29, 0.717) is 24.2 Å². The third-order valence-corrected chi connectivity index (χ3v) is 3.58. The monoisotopic (exact) mass is 275 g/mol. The molecule has 1 unspecified atom stereocenters. The van der Waals surface area contributed by atoms with E-state index in [4.69, 9.17) is 5.73 Å². The zero-order chi connectivity index (χ0) is 14.7. The molecule has 1 saturated heterocycles. The van der Waals surface area contributed by atoms with Gasteiger partial charge in [-0.05, 0) is 38.0 Å². The first-order valence-electron chi connectivity index (χ1n) is 6.92. The van der Waals surface area contributed by atoms with Crippen LogP contribution in [0.1, 0.15) is 35.7 Å². The molecule has 2 amide bonds. The van der Waals surface area contributed by atoms with Gasteiger partial charge in [0, 0.05) is 36.8 Å². The molecule has 1 aromatic carbocycles. The van der Waals surface area contributed by atoms with Gasteiger partial charge in [0.2, 0.25) is 5.91 Å². The summed E-state index contributed by atoms with van der Waals surface area (Å²) >= 11 is 0. The van der Waals surface area contributed by atoms with Gasteiger partial charge in [0.1, 0.15) is 0 Å². The molecule has 1 fully saturated rings. The Morgan fingerprint density at radius 2 is 2.25 bits per heavy atom. The van der Waals surface area contributed by atoms with Crippen molar-refractivity contribution in [3.63, 3.8) is 0 Å². The molecule has 1 atom stereocenters. The number of nitrogens with two attached hydrogens (primary N) is 1. The molecular weight excluding hydrogens is 254 g/mol. The van der Waals surface area contributed by atoms with E-state index >= 15 is 0 Å². The minimum absolute atomic E-state index is 0.0768. The lowest BCUT2D eigenvalue weighted by Crippen LogP contribution is -2.42. The van der Waals surface area contributed by atoms with Crippen molar-refractivity contribution in [2.75, 3.05) is 18.8 Å². The third kappa shape index (κ3) is 3.29. The summed E-state index contributed by atoms with van der Waals surface area (Å²) in [6, 6.07) is 5.19. The predicted molar refractivity (Wildman–Crippen MR) is 78.3 cm³/mol. The number of nitrogens with zero attached hydrogens (tertiary/aromatic N) is 1. The van der Waals surface area contributed by atoms with Gasteiger partial charge in [-0.3, -0.25) is 9.59 Å². The van der Waals surface area contributed by atoms with Crippen LogP contribution < -0.4 is 11.1 Å². The fourth-order valence-corrected chi connectivity index (χ4v) is 2.36. The first-order valence-corrected chi connectivity index (χ1v) is 6.92. The molecule has 20 heavy (non-hydrogen) atoms. The SMILES string of the molecule is Cc1ccc(C(=O)NC(C)CN2CCCC2=O)cc1N. The van der Waals surface area contributed by atoms with Crippen LogP contribution in [0.25, 0.3) is 0 Å². The summed E-state index contributed by atoms with van der Waals surface area (Å²) in [4.78, 5) is 25.4. The minimum atomic E-state index is -0.157. The summed E-state index contributed by atoms with van der Waals surface area (Å²) in [5.41, 5.74) is 7.92. The molecule has 0 radical (unpaired) electrons. The Bertz CT molecular complexity index is 528. The lowest BCUT2D eigenvalue weighted by molar-refractivity contribution is -0.127. The van der Waals surface area contributed by atoms with Crippen molar-refractivity contribution in [1.29, 1.82) is 0 Å². The van der Waals surface area contributed by atoms with Crippen molar-refractivity contribution >= 4 is 17.5 Å². The molecule has 3 N–H and O–H groups in total. The predicted octanol–water partition coefficient (Wildman–Crippen LogP) is 1.32. The average Bonchev–Trinajstić information content (AvgIpc) is 2.78. The van der Waals surface area contributed by atoms with Crippen LogP contribution in [0.15, 0.2) is 18.2 Å². The average molecular weight is 275 g/mol. The van der Waals surface area contributed by atoms with Gasteiger partial charge in [-0.25, -0.2) is 0 Å². The molecule has 5 nitrogen and oxygen atoms in total. The van der Waals surface area contributed by atoms with Crippen molar-refractivity contribution in [2.24, 2.45) is 0 Å². The summed E-state index contributed by atoms with van der Waals surface area (Å²) < 4.78 is 0. The van der Waals surface area contributed by atoms with E-state index in [1.807, 2.05) is 19.9 Å². The number of likely N-dealkylation sites (tertiary alicyclic amines) is 1. The topological polar surface area (TPSA) is 75.4 Å². The maximum absolute atomic E-state index is 12.1. The van der Waals surface area contributed by atoms with Crippen LogP contribution in [0, 0.1) is 6.92 Å². The minimum Gasteiger partial charge on any atom is -0.398 e. The summed E-state index contributed by atoms with van der Waals surface area (Å²) in [7, 11) is 0. The van der Waals surface area contributed by atoms with Gasteiger partial charge in [-0.1, -0.05) is 6.07 Å². The highest BCUT2D eigenvalue weighted by Gasteiger charge is 2.22. The van der Waals surface area contributed by atoms with Crippen LogP contribution in [0.3, 0.4) is 0 Å². The molecule has 108 valence electrons. The number of aryl methyl sites for hydroxylation is 1. The van der Waals surface area contributed by atoms with Crippen LogP contribution in [0.2, 0.25) is 0 Å². The maximum atomic E-state index is 12.1. The summed E-state index contributed by atoms with van der Waals surface area (Å²) in [6.45, 7) is 5.15. The molecule has 5 heteroatoms. The van der Waals surface area contributed by atoms with Crippen LogP contribution >= 0.6 is 0 Å². The molecule has 1 aliphatic heterocycles. The molecule has 1 heterocycles. The van der Waals surface area contributed by atoms with Gasteiger partial charge < -0.3 is 16.0 Å².